The van der Waals surface area contributed by atoms with E-state index in [-0.39, 0.29) is 4.90 Å². The lowest BCUT2D eigenvalue weighted by molar-refractivity contribution is 0.211. The van der Waals surface area contributed by atoms with Crippen LogP contribution in [0.5, 0.6) is 0 Å². The van der Waals surface area contributed by atoms with Crippen molar-refractivity contribution in [3.63, 3.8) is 0 Å². The van der Waals surface area contributed by atoms with Gasteiger partial charge in [-0.3, -0.25) is 0 Å². The molecule has 7 heteroatoms. The number of nitrogens with one attached hydrogen (secondary N) is 1. The summed E-state index contributed by atoms with van der Waals surface area (Å²) in [5, 5.41) is 7.97. The predicted molar refractivity (Wildman–Crippen MR) is 62.6 cm³/mol. The zero-order valence-corrected chi connectivity index (χ0v) is 9.75. The number of hydrogen-bond donors (Lipinski definition) is 3. The van der Waals surface area contributed by atoms with E-state index in [1.807, 2.05) is 0 Å². The Bertz CT molecular complexity index is 459. The summed E-state index contributed by atoms with van der Waals surface area (Å²) >= 11 is 0. The third-order valence-electron chi connectivity index (χ3n) is 1.97. The molecule has 1 aromatic carbocycles. The fraction of sp³-hybridized carbons (Fsp3) is 0.333. The number of benzene rings is 1. The van der Waals surface area contributed by atoms with Gasteiger partial charge in [0.05, 0.1) is 22.9 Å². The second-order valence-electron chi connectivity index (χ2n) is 3.21. The lowest BCUT2D eigenvalue weighted by atomic mass is 10.2. The van der Waals surface area contributed by atoms with E-state index in [0.29, 0.717) is 24.5 Å². The number of sulfonamides is 1. The third kappa shape index (κ3) is 3.37. The van der Waals surface area contributed by atoms with Crippen molar-refractivity contribution in [2.24, 2.45) is 5.14 Å². The maximum absolute atomic E-state index is 11.1. The normalized spacial score (nSPS) is 11.4. The minimum atomic E-state index is -3.70. The Kier molecular flexibility index (Phi) is 4.11. The quantitative estimate of drug-likeness (QED) is 0.499. The molecule has 5 N–H and O–H groups in total. The summed E-state index contributed by atoms with van der Waals surface area (Å²) < 4.78 is 27.1. The van der Waals surface area contributed by atoms with Crippen molar-refractivity contribution in [1.29, 1.82) is 0 Å². The van der Waals surface area contributed by atoms with Crippen LogP contribution in [-0.4, -0.2) is 28.7 Å². The van der Waals surface area contributed by atoms with Gasteiger partial charge in [-0.25, -0.2) is 13.6 Å². The van der Waals surface area contributed by atoms with Crippen molar-refractivity contribution in [2.45, 2.75) is 4.90 Å². The molecule has 0 aliphatic rings. The first kappa shape index (κ1) is 12.8. The van der Waals surface area contributed by atoms with Crippen molar-refractivity contribution >= 4 is 21.4 Å². The molecule has 16 heavy (non-hydrogen) atoms. The Labute approximate surface area is 94.6 Å². The smallest absolute Gasteiger partial charge is 0.238 e. The average molecular weight is 245 g/mol. The first-order valence-electron chi connectivity index (χ1n) is 4.60. The van der Waals surface area contributed by atoms with Crippen LogP contribution in [0.4, 0.5) is 11.4 Å². The summed E-state index contributed by atoms with van der Waals surface area (Å²) in [6, 6.07) is 4.27. The number of hydrogen-bond acceptors (Lipinski definition) is 5. The molecule has 0 unspecified atom stereocenters. The summed E-state index contributed by atoms with van der Waals surface area (Å²) in [7, 11) is -2.12. The highest BCUT2D eigenvalue weighted by Gasteiger charge is 2.09. The monoisotopic (exact) mass is 245 g/mol. The zero-order chi connectivity index (χ0) is 12.2. The molecule has 0 radical (unpaired) electrons. The highest BCUT2D eigenvalue weighted by molar-refractivity contribution is 7.89. The Morgan fingerprint density at radius 2 is 2.12 bits per heavy atom. The molecule has 6 nitrogen and oxygen atoms in total. The Hall–Kier alpha value is -1.31. The third-order valence-corrected chi connectivity index (χ3v) is 2.89. The van der Waals surface area contributed by atoms with Gasteiger partial charge in [0, 0.05) is 13.7 Å². The van der Waals surface area contributed by atoms with Gasteiger partial charge in [0.1, 0.15) is 0 Å². The molecule has 0 bridgehead atoms. The van der Waals surface area contributed by atoms with E-state index >= 15 is 0 Å². The molecule has 0 heterocycles. The molecular formula is C9H15N3O3S. The fourth-order valence-electron chi connectivity index (χ4n) is 1.15. The maximum atomic E-state index is 11.1. The lowest BCUT2D eigenvalue weighted by Gasteiger charge is -2.10. The Balaban J connectivity index is 2.91. The SMILES string of the molecule is COCCNc1cc(S(N)(=O)=O)ccc1N. The van der Waals surface area contributed by atoms with Gasteiger partial charge in [-0.05, 0) is 18.2 Å². The number of primary sulfonamides is 1. The number of anilines is 2. The largest absolute Gasteiger partial charge is 0.397 e. The molecule has 0 spiro atoms. The zero-order valence-electron chi connectivity index (χ0n) is 8.93. The van der Waals surface area contributed by atoms with Crippen LogP contribution in [0.15, 0.2) is 23.1 Å². The van der Waals surface area contributed by atoms with E-state index in [1.165, 1.54) is 18.2 Å². The fourth-order valence-corrected chi connectivity index (χ4v) is 1.69. The number of rotatable bonds is 5. The first-order valence-corrected chi connectivity index (χ1v) is 6.15. The summed E-state index contributed by atoms with van der Waals surface area (Å²) in [5.74, 6) is 0. The predicted octanol–water partition coefficient (Wildman–Crippen LogP) is -0.0255. The molecule has 0 saturated carbocycles. The van der Waals surface area contributed by atoms with Crippen molar-refractivity contribution < 1.29 is 13.2 Å². The molecule has 90 valence electrons. The minimum absolute atomic E-state index is 0.0293. The van der Waals surface area contributed by atoms with Crippen LogP contribution in [0.2, 0.25) is 0 Å². The summed E-state index contributed by atoms with van der Waals surface area (Å²) in [6.07, 6.45) is 0. The molecule has 1 rings (SSSR count). The molecule has 0 fully saturated rings. The highest BCUT2D eigenvalue weighted by Crippen LogP contribution is 2.21. The first-order chi connectivity index (χ1) is 7.45. The average Bonchev–Trinajstić information content (AvgIpc) is 2.19. The van der Waals surface area contributed by atoms with E-state index < -0.39 is 10.0 Å². The minimum Gasteiger partial charge on any atom is -0.397 e. The standard InChI is InChI=1S/C9H15N3O3S/c1-15-5-4-12-9-6-7(16(11,13)14)2-3-8(9)10/h2-3,6,12H,4-5,10H2,1H3,(H2,11,13,14). The summed E-state index contributed by atoms with van der Waals surface area (Å²) in [6.45, 7) is 1.04. The number of nitrogens with two attached hydrogens (primary N) is 2. The lowest BCUT2D eigenvalue weighted by Crippen LogP contribution is -2.14. The molecule has 1 aromatic rings. The van der Waals surface area contributed by atoms with E-state index in [1.54, 1.807) is 7.11 Å². The molecule has 0 aliphatic carbocycles. The van der Waals surface area contributed by atoms with Crippen LogP contribution >= 0.6 is 0 Å². The van der Waals surface area contributed by atoms with Crippen molar-refractivity contribution in [2.75, 3.05) is 31.3 Å². The molecule has 0 aliphatic heterocycles. The van der Waals surface area contributed by atoms with Gasteiger partial charge in [-0.15, -0.1) is 0 Å². The van der Waals surface area contributed by atoms with Gasteiger partial charge in [-0.2, -0.15) is 0 Å². The van der Waals surface area contributed by atoms with Crippen LogP contribution in [0.3, 0.4) is 0 Å². The van der Waals surface area contributed by atoms with Crippen molar-refractivity contribution in [1.82, 2.24) is 0 Å². The van der Waals surface area contributed by atoms with Crippen LogP contribution in [0, 0.1) is 0 Å². The van der Waals surface area contributed by atoms with Gasteiger partial charge in [0.25, 0.3) is 0 Å². The van der Waals surface area contributed by atoms with Crippen molar-refractivity contribution in [3.8, 4) is 0 Å². The second-order valence-corrected chi connectivity index (χ2v) is 4.78. The topological polar surface area (TPSA) is 107 Å². The molecule has 0 atom stereocenters. The Morgan fingerprint density at radius 1 is 1.44 bits per heavy atom. The highest BCUT2D eigenvalue weighted by atomic mass is 32.2. The van der Waals surface area contributed by atoms with Crippen LogP contribution in [0.25, 0.3) is 0 Å². The molecule has 0 aromatic heterocycles. The molecule has 0 saturated heterocycles. The van der Waals surface area contributed by atoms with Crippen molar-refractivity contribution in [3.05, 3.63) is 18.2 Å². The van der Waals surface area contributed by atoms with Gasteiger partial charge < -0.3 is 15.8 Å². The number of nitrogen functional groups attached to an aromatic ring is 1. The number of ether oxygens (including phenoxy) is 1. The van der Waals surface area contributed by atoms with Gasteiger partial charge >= 0.3 is 0 Å². The van der Waals surface area contributed by atoms with Crippen LogP contribution in [-0.2, 0) is 14.8 Å². The molecular weight excluding hydrogens is 230 g/mol. The van der Waals surface area contributed by atoms with Crippen LogP contribution in [0.1, 0.15) is 0 Å². The van der Waals surface area contributed by atoms with Gasteiger partial charge in [0.15, 0.2) is 0 Å². The van der Waals surface area contributed by atoms with E-state index in [9.17, 15) is 8.42 Å². The number of methoxy groups -OCH3 is 1. The van der Waals surface area contributed by atoms with Gasteiger partial charge in [-0.1, -0.05) is 0 Å². The Morgan fingerprint density at radius 3 is 2.69 bits per heavy atom. The molecule has 0 amide bonds. The second kappa shape index (κ2) is 5.15. The van der Waals surface area contributed by atoms with Gasteiger partial charge in [0.2, 0.25) is 10.0 Å². The van der Waals surface area contributed by atoms with E-state index in [0.717, 1.165) is 0 Å². The van der Waals surface area contributed by atoms with Crippen LogP contribution < -0.4 is 16.2 Å². The summed E-state index contributed by atoms with van der Waals surface area (Å²) in [5.41, 5.74) is 6.67. The maximum Gasteiger partial charge on any atom is 0.238 e. The summed E-state index contributed by atoms with van der Waals surface area (Å²) in [4.78, 5) is 0.0293. The van der Waals surface area contributed by atoms with E-state index in [4.69, 9.17) is 15.6 Å². The van der Waals surface area contributed by atoms with E-state index in [2.05, 4.69) is 5.32 Å².